The van der Waals surface area contributed by atoms with Gasteiger partial charge < -0.3 is 0 Å². The Labute approximate surface area is 121 Å². The van der Waals surface area contributed by atoms with Crippen molar-refractivity contribution in [3.8, 4) is 0 Å². The van der Waals surface area contributed by atoms with Gasteiger partial charge in [-0.15, -0.1) is 11.3 Å². The first-order valence-electron chi connectivity index (χ1n) is 6.07. The molecule has 3 nitrogen and oxygen atoms in total. The van der Waals surface area contributed by atoms with Crippen LogP contribution in [0.1, 0.15) is 33.1 Å². The predicted octanol–water partition coefficient (Wildman–Crippen LogP) is 3.71. The summed E-state index contributed by atoms with van der Waals surface area (Å²) in [6.45, 7) is 5.70. The highest BCUT2D eigenvalue weighted by atomic mass is 79.9. The second kappa shape index (κ2) is 5.23. The Bertz CT molecular complexity index is 522. The van der Waals surface area contributed by atoms with Crippen molar-refractivity contribution < 1.29 is 8.42 Å². The highest BCUT2D eigenvalue weighted by Crippen LogP contribution is 2.34. The van der Waals surface area contributed by atoms with E-state index < -0.39 is 10.0 Å². The minimum Gasteiger partial charge on any atom is -0.206 e. The van der Waals surface area contributed by atoms with Gasteiger partial charge >= 0.3 is 0 Å². The third-order valence-electron chi connectivity index (χ3n) is 3.44. The van der Waals surface area contributed by atoms with Crippen molar-refractivity contribution in [2.75, 3.05) is 13.1 Å². The first-order chi connectivity index (χ1) is 8.31. The van der Waals surface area contributed by atoms with Gasteiger partial charge in [0, 0.05) is 13.1 Å². The zero-order chi connectivity index (χ0) is 13.4. The molecule has 0 bridgehead atoms. The summed E-state index contributed by atoms with van der Waals surface area (Å²) in [4.78, 5) is 0. The third kappa shape index (κ3) is 3.15. The molecule has 0 unspecified atom stereocenters. The summed E-state index contributed by atoms with van der Waals surface area (Å²) in [6, 6.07) is 3.47. The molecule has 18 heavy (non-hydrogen) atoms. The molecule has 0 aliphatic carbocycles. The summed E-state index contributed by atoms with van der Waals surface area (Å²) in [5, 5.41) is 0. The number of nitrogens with zero attached hydrogens (tertiary/aromatic N) is 1. The van der Waals surface area contributed by atoms with Crippen LogP contribution < -0.4 is 0 Å². The van der Waals surface area contributed by atoms with Crippen molar-refractivity contribution in [3.05, 3.63) is 15.9 Å². The van der Waals surface area contributed by atoms with Crippen molar-refractivity contribution in [1.82, 2.24) is 4.31 Å². The smallest absolute Gasteiger partial charge is 0.206 e. The molecule has 0 amide bonds. The largest absolute Gasteiger partial charge is 0.252 e. The summed E-state index contributed by atoms with van der Waals surface area (Å²) in [5.74, 6) is 0. The van der Waals surface area contributed by atoms with E-state index in [1.165, 1.54) is 11.3 Å². The number of hydrogen-bond donors (Lipinski definition) is 0. The number of sulfonamides is 1. The minimum absolute atomic E-state index is 0.250. The van der Waals surface area contributed by atoms with Gasteiger partial charge in [-0.1, -0.05) is 13.8 Å². The Kier molecular flexibility index (Phi) is 4.21. The van der Waals surface area contributed by atoms with Gasteiger partial charge in [0.05, 0.1) is 3.79 Å². The zero-order valence-corrected chi connectivity index (χ0v) is 13.9. The van der Waals surface area contributed by atoms with Crippen LogP contribution in [-0.4, -0.2) is 25.8 Å². The molecule has 0 saturated carbocycles. The van der Waals surface area contributed by atoms with Crippen LogP contribution in [0.4, 0.5) is 0 Å². The molecule has 0 spiro atoms. The number of halogens is 1. The lowest BCUT2D eigenvalue weighted by molar-refractivity contribution is 0.315. The van der Waals surface area contributed by atoms with Gasteiger partial charge in [0.1, 0.15) is 4.21 Å². The molecule has 1 saturated heterocycles. The van der Waals surface area contributed by atoms with Gasteiger partial charge in [-0.05, 0) is 52.7 Å². The van der Waals surface area contributed by atoms with Gasteiger partial charge in [0.25, 0.3) is 10.0 Å². The summed E-state index contributed by atoms with van der Waals surface area (Å²) >= 11 is 4.60. The summed E-state index contributed by atoms with van der Waals surface area (Å²) < 4.78 is 27.9. The molecule has 1 aromatic heterocycles. The maximum absolute atomic E-state index is 12.5. The quantitative estimate of drug-likeness (QED) is 0.814. The fourth-order valence-corrected chi connectivity index (χ4v) is 5.85. The van der Waals surface area contributed by atoms with Crippen molar-refractivity contribution in [2.45, 2.75) is 37.3 Å². The maximum Gasteiger partial charge on any atom is 0.252 e. The van der Waals surface area contributed by atoms with E-state index in [9.17, 15) is 8.42 Å². The molecule has 1 aliphatic heterocycles. The highest BCUT2D eigenvalue weighted by Gasteiger charge is 2.31. The lowest BCUT2D eigenvalue weighted by Crippen LogP contribution is -2.31. The topological polar surface area (TPSA) is 37.4 Å². The summed E-state index contributed by atoms with van der Waals surface area (Å²) in [6.07, 6.45) is 2.96. The van der Waals surface area contributed by atoms with Crippen LogP contribution in [0.5, 0.6) is 0 Å². The van der Waals surface area contributed by atoms with E-state index in [-0.39, 0.29) is 5.41 Å². The summed E-state index contributed by atoms with van der Waals surface area (Å²) in [5.41, 5.74) is 0.250. The Morgan fingerprint density at radius 1 is 1.28 bits per heavy atom. The number of thiophene rings is 1. The van der Waals surface area contributed by atoms with Crippen molar-refractivity contribution in [2.24, 2.45) is 5.41 Å². The Balaban J connectivity index is 2.21. The van der Waals surface area contributed by atoms with E-state index in [1.807, 2.05) is 0 Å². The molecule has 2 heterocycles. The SMILES string of the molecule is CC1(C)CCCN(S(=O)(=O)c2ccc(Br)s2)CC1. The molecule has 0 atom stereocenters. The van der Waals surface area contributed by atoms with E-state index in [0.29, 0.717) is 17.3 Å². The highest BCUT2D eigenvalue weighted by molar-refractivity contribution is 9.11. The Morgan fingerprint density at radius 3 is 2.61 bits per heavy atom. The van der Waals surface area contributed by atoms with E-state index >= 15 is 0 Å². The van der Waals surface area contributed by atoms with E-state index in [1.54, 1.807) is 16.4 Å². The first-order valence-corrected chi connectivity index (χ1v) is 9.12. The van der Waals surface area contributed by atoms with Gasteiger partial charge in [0.2, 0.25) is 0 Å². The van der Waals surface area contributed by atoms with Gasteiger partial charge in [-0.2, -0.15) is 4.31 Å². The molecular formula is C12H18BrNO2S2. The number of rotatable bonds is 2. The molecule has 0 radical (unpaired) electrons. The molecule has 1 aromatic rings. The van der Waals surface area contributed by atoms with Crippen LogP contribution in [0.2, 0.25) is 0 Å². The fourth-order valence-electron chi connectivity index (χ4n) is 2.20. The van der Waals surface area contributed by atoms with Crippen LogP contribution in [0.15, 0.2) is 20.1 Å². The molecule has 0 N–H and O–H groups in total. The predicted molar refractivity (Wildman–Crippen MR) is 78.4 cm³/mol. The van der Waals surface area contributed by atoms with Crippen molar-refractivity contribution >= 4 is 37.3 Å². The van der Waals surface area contributed by atoms with Gasteiger partial charge in [-0.3, -0.25) is 0 Å². The van der Waals surface area contributed by atoms with Crippen LogP contribution in [0.25, 0.3) is 0 Å². The molecule has 6 heteroatoms. The molecule has 1 fully saturated rings. The maximum atomic E-state index is 12.5. The molecule has 1 aliphatic rings. The van der Waals surface area contributed by atoms with Crippen LogP contribution in [0.3, 0.4) is 0 Å². The lowest BCUT2D eigenvalue weighted by atomic mass is 9.85. The minimum atomic E-state index is -3.29. The second-order valence-electron chi connectivity index (χ2n) is 5.48. The average molecular weight is 352 g/mol. The fraction of sp³-hybridized carbons (Fsp3) is 0.667. The van der Waals surface area contributed by atoms with E-state index in [4.69, 9.17) is 0 Å². The van der Waals surface area contributed by atoms with Gasteiger partial charge in [-0.25, -0.2) is 8.42 Å². The first kappa shape index (κ1) is 14.5. The Hall–Kier alpha value is 0.0900. The lowest BCUT2D eigenvalue weighted by Gasteiger charge is -2.22. The zero-order valence-electron chi connectivity index (χ0n) is 10.6. The third-order valence-corrected chi connectivity index (χ3v) is 7.43. The number of hydrogen-bond acceptors (Lipinski definition) is 3. The molecule has 2 rings (SSSR count). The molecule has 102 valence electrons. The monoisotopic (exact) mass is 351 g/mol. The summed E-state index contributed by atoms with van der Waals surface area (Å²) in [7, 11) is -3.29. The Morgan fingerprint density at radius 2 is 2.00 bits per heavy atom. The van der Waals surface area contributed by atoms with Crippen LogP contribution in [0, 0.1) is 5.41 Å². The van der Waals surface area contributed by atoms with Crippen LogP contribution >= 0.6 is 27.3 Å². The van der Waals surface area contributed by atoms with Crippen LogP contribution in [-0.2, 0) is 10.0 Å². The van der Waals surface area contributed by atoms with Crippen molar-refractivity contribution in [1.29, 1.82) is 0 Å². The normalized spacial score (nSPS) is 21.7. The standard InChI is InChI=1S/C12H18BrNO2S2/c1-12(2)6-3-8-14(9-7-12)18(15,16)11-5-4-10(13)17-11/h4-5H,3,6-9H2,1-2H3. The average Bonchev–Trinajstić information content (AvgIpc) is 2.61. The van der Waals surface area contributed by atoms with E-state index in [0.717, 1.165) is 23.0 Å². The molecule has 0 aromatic carbocycles. The van der Waals surface area contributed by atoms with E-state index in [2.05, 4.69) is 29.8 Å². The van der Waals surface area contributed by atoms with Gasteiger partial charge in [0.15, 0.2) is 0 Å². The van der Waals surface area contributed by atoms with Crippen molar-refractivity contribution in [3.63, 3.8) is 0 Å². The molecular weight excluding hydrogens is 334 g/mol. The second-order valence-corrected chi connectivity index (χ2v) is 10.1.